The van der Waals surface area contributed by atoms with Gasteiger partial charge in [0.05, 0.1) is 25.1 Å². The number of hydrogen-bond donors (Lipinski definition) is 0. The number of rotatable bonds is 5. The lowest BCUT2D eigenvalue weighted by Crippen LogP contribution is -2.08. The summed E-state index contributed by atoms with van der Waals surface area (Å²) in [7, 11) is 1.55. The quantitative estimate of drug-likeness (QED) is 0.438. The molecule has 0 aliphatic carbocycles. The van der Waals surface area contributed by atoms with Gasteiger partial charge in [0.1, 0.15) is 16.6 Å². The van der Waals surface area contributed by atoms with Crippen LogP contribution in [-0.4, -0.2) is 24.0 Å². The van der Waals surface area contributed by atoms with Gasteiger partial charge in [-0.05, 0) is 31.0 Å². The van der Waals surface area contributed by atoms with E-state index in [9.17, 15) is 4.91 Å². The van der Waals surface area contributed by atoms with E-state index >= 15 is 0 Å². The zero-order valence-electron chi connectivity index (χ0n) is 11.7. The first-order valence-corrected chi connectivity index (χ1v) is 6.68. The molecule has 0 saturated carbocycles. The summed E-state index contributed by atoms with van der Waals surface area (Å²) in [5, 5.41) is 3.46. The zero-order valence-corrected chi connectivity index (χ0v) is 12.4. The zero-order chi connectivity index (χ0) is 15.0. The van der Waals surface area contributed by atoms with Gasteiger partial charge in [-0.25, -0.2) is 4.99 Å². The minimum Gasteiger partial charge on any atom is -0.497 e. The van der Waals surface area contributed by atoms with Crippen molar-refractivity contribution < 1.29 is 4.74 Å². The predicted octanol–water partition coefficient (Wildman–Crippen LogP) is 3.96. The number of nitroso groups, excluding NO2 is 1. The monoisotopic (exact) mass is 295 g/mol. The average Bonchev–Trinajstić information content (AvgIpc) is 2.42. The van der Waals surface area contributed by atoms with Crippen molar-refractivity contribution in [2.75, 3.05) is 7.11 Å². The van der Waals surface area contributed by atoms with Crippen molar-refractivity contribution in [3.8, 4) is 0 Å². The second kappa shape index (κ2) is 8.43. The average molecular weight is 296 g/mol. The number of aliphatic imine (C=N–C) groups is 2. The summed E-state index contributed by atoms with van der Waals surface area (Å²) in [6.07, 6.45) is 7.06. The Balaban J connectivity index is 2.90. The molecule has 0 saturated heterocycles. The van der Waals surface area contributed by atoms with Crippen LogP contribution in [0.3, 0.4) is 0 Å². The number of hydrogen-bond acceptors (Lipinski definition) is 5. The smallest absolute Gasteiger partial charge is 0.147 e. The second-order valence-electron chi connectivity index (χ2n) is 4.31. The standard InChI is InChI=1S/C14H18ClN3O2/c1-10(7-8-11(2)20-3)17-12-5-4-6-14(15)16-9-13(12)18-19/h7-10H,2,4-6H2,1,3H3/b8-7-,13-9+,16-14?,17-12?. The summed E-state index contributed by atoms with van der Waals surface area (Å²) in [4.78, 5) is 19.3. The van der Waals surface area contributed by atoms with E-state index in [0.717, 1.165) is 6.42 Å². The molecule has 5 nitrogen and oxygen atoms in total. The third kappa shape index (κ3) is 5.48. The van der Waals surface area contributed by atoms with Crippen molar-refractivity contribution in [2.24, 2.45) is 15.2 Å². The van der Waals surface area contributed by atoms with Crippen LogP contribution in [0.15, 0.2) is 51.5 Å². The number of nitrogens with zero attached hydrogens (tertiary/aromatic N) is 3. The Hall–Kier alpha value is -1.75. The molecule has 1 atom stereocenters. The van der Waals surface area contributed by atoms with E-state index in [1.807, 2.05) is 13.0 Å². The molecule has 0 radical (unpaired) electrons. The van der Waals surface area contributed by atoms with Crippen molar-refractivity contribution in [2.45, 2.75) is 32.2 Å². The summed E-state index contributed by atoms with van der Waals surface area (Å²) in [5.41, 5.74) is 0.877. The van der Waals surface area contributed by atoms with Crippen LogP contribution in [0.2, 0.25) is 0 Å². The molecule has 0 N–H and O–H groups in total. The Bertz CT molecular complexity index is 493. The van der Waals surface area contributed by atoms with Gasteiger partial charge in [0.25, 0.3) is 0 Å². The van der Waals surface area contributed by atoms with Crippen LogP contribution in [0.4, 0.5) is 0 Å². The molecular formula is C14H18ClN3O2. The van der Waals surface area contributed by atoms with Gasteiger partial charge in [-0.1, -0.05) is 24.3 Å². The molecule has 0 aromatic carbocycles. The number of methoxy groups -OCH3 is 1. The molecule has 0 amide bonds. The normalized spacial score (nSPS) is 22.4. The van der Waals surface area contributed by atoms with Crippen LogP contribution in [0, 0.1) is 4.91 Å². The lowest BCUT2D eigenvalue weighted by atomic mass is 10.1. The lowest BCUT2D eigenvalue weighted by molar-refractivity contribution is 0.308. The van der Waals surface area contributed by atoms with Gasteiger partial charge in [-0.2, -0.15) is 0 Å². The second-order valence-corrected chi connectivity index (χ2v) is 4.75. The van der Waals surface area contributed by atoms with Crippen molar-refractivity contribution in [3.63, 3.8) is 0 Å². The molecule has 1 heterocycles. The van der Waals surface area contributed by atoms with E-state index in [4.69, 9.17) is 16.3 Å². The maximum Gasteiger partial charge on any atom is 0.147 e. The van der Waals surface area contributed by atoms with E-state index in [1.165, 1.54) is 6.20 Å². The molecule has 0 aromatic rings. The number of halogens is 1. The summed E-state index contributed by atoms with van der Waals surface area (Å²) < 4.78 is 4.94. The SMILES string of the molecule is C=C(/C=C\C(C)N=C1CCCC(Cl)=N/C=C\1N=O)OC. The minimum absolute atomic E-state index is 0.110. The molecule has 6 heteroatoms. The van der Waals surface area contributed by atoms with Gasteiger partial charge in [0.2, 0.25) is 0 Å². The number of ether oxygens (including phenoxy) is 1. The highest BCUT2D eigenvalue weighted by molar-refractivity contribution is 6.65. The summed E-state index contributed by atoms with van der Waals surface area (Å²) in [6.45, 7) is 5.60. The predicted molar refractivity (Wildman–Crippen MR) is 83.2 cm³/mol. The van der Waals surface area contributed by atoms with Crippen molar-refractivity contribution in [3.05, 3.63) is 41.3 Å². The molecular weight excluding hydrogens is 278 g/mol. The molecule has 0 aromatic heterocycles. The van der Waals surface area contributed by atoms with Gasteiger partial charge in [0.15, 0.2) is 0 Å². The Labute approximate surface area is 123 Å². The third-order valence-electron chi connectivity index (χ3n) is 2.70. The molecule has 0 fully saturated rings. The lowest BCUT2D eigenvalue weighted by Gasteiger charge is -2.09. The molecule has 1 aliphatic rings. The van der Waals surface area contributed by atoms with Gasteiger partial charge in [-0.15, -0.1) is 4.91 Å². The van der Waals surface area contributed by atoms with Crippen LogP contribution in [-0.2, 0) is 4.74 Å². The Kier molecular flexibility index (Phi) is 6.87. The Morgan fingerprint density at radius 1 is 1.60 bits per heavy atom. The molecule has 1 aliphatic heterocycles. The number of allylic oxidation sites excluding steroid dienone is 2. The third-order valence-corrected chi connectivity index (χ3v) is 2.99. The van der Waals surface area contributed by atoms with Crippen LogP contribution in [0.1, 0.15) is 26.2 Å². The fourth-order valence-electron chi connectivity index (χ4n) is 1.61. The van der Waals surface area contributed by atoms with E-state index in [-0.39, 0.29) is 11.7 Å². The van der Waals surface area contributed by atoms with Crippen molar-refractivity contribution in [1.82, 2.24) is 0 Å². The summed E-state index contributed by atoms with van der Waals surface area (Å²) in [6, 6.07) is -0.110. The van der Waals surface area contributed by atoms with E-state index < -0.39 is 0 Å². The van der Waals surface area contributed by atoms with Gasteiger partial charge >= 0.3 is 0 Å². The van der Waals surface area contributed by atoms with Gasteiger partial charge in [0, 0.05) is 6.42 Å². The molecule has 108 valence electrons. The summed E-state index contributed by atoms with van der Waals surface area (Å²) in [5.74, 6) is 0.551. The molecule has 20 heavy (non-hydrogen) atoms. The summed E-state index contributed by atoms with van der Waals surface area (Å²) >= 11 is 5.86. The minimum atomic E-state index is -0.110. The Morgan fingerprint density at radius 2 is 2.35 bits per heavy atom. The van der Waals surface area contributed by atoms with Crippen molar-refractivity contribution in [1.29, 1.82) is 0 Å². The molecule has 0 spiro atoms. The van der Waals surface area contributed by atoms with Crippen molar-refractivity contribution >= 4 is 22.5 Å². The maximum absolute atomic E-state index is 10.9. The fourth-order valence-corrected chi connectivity index (χ4v) is 1.79. The Morgan fingerprint density at radius 3 is 3.00 bits per heavy atom. The largest absolute Gasteiger partial charge is 0.497 e. The van der Waals surface area contributed by atoms with E-state index in [1.54, 1.807) is 13.2 Å². The maximum atomic E-state index is 10.9. The fraction of sp³-hybridized carbons (Fsp3) is 0.429. The molecule has 1 rings (SSSR count). The van der Waals surface area contributed by atoms with Crippen LogP contribution in [0.25, 0.3) is 0 Å². The first kappa shape index (κ1) is 16.3. The van der Waals surface area contributed by atoms with E-state index in [0.29, 0.717) is 29.5 Å². The van der Waals surface area contributed by atoms with Crippen LogP contribution < -0.4 is 0 Å². The molecule has 0 bridgehead atoms. The van der Waals surface area contributed by atoms with Gasteiger partial charge < -0.3 is 4.74 Å². The topological polar surface area (TPSA) is 63.4 Å². The highest BCUT2D eigenvalue weighted by Crippen LogP contribution is 2.15. The van der Waals surface area contributed by atoms with E-state index in [2.05, 4.69) is 21.7 Å². The van der Waals surface area contributed by atoms with Crippen LogP contribution >= 0.6 is 11.6 Å². The first-order valence-electron chi connectivity index (χ1n) is 6.30. The molecule has 1 unspecified atom stereocenters. The van der Waals surface area contributed by atoms with Crippen LogP contribution in [0.5, 0.6) is 0 Å². The van der Waals surface area contributed by atoms with Gasteiger partial charge in [-0.3, -0.25) is 4.99 Å². The highest BCUT2D eigenvalue weighted by atomic mass is 35.5. The highest BCUT2D eigenvalue weighted by Gasteiger charge is 2.12. The first-order chi connectivity index (χ1) is 9.56.